The number of nitrogens with one attached hydrogen (secondary N) is 1. The molecule has 0 bridgehead atoms. The zero-order valence-corrected chi connectivity index (χ0v) is 20.3. The Morgan fingerprint density at radius 3 is 2.58 bits per heavy atom. The normalized spacial score (nSPS) is 15.2. The van der Waals surface area contributed by atoms with Crippen molar-refractivity contribution in [3.05, 3.63) is 76.4 Å². The van der Waals surface area contributed by atoms with Crippen LogP contribution in [0.1, 0.15) is 41.9 Å². The van der Waals surface area contributed by atoms with E-state index >= 15 is 0 Å². The van der Waals surface area contributed by atoms with Gasteiger partial charge in [0, 0.05) is 24.5 Å². The quantitative estimate of drug-likeness (QED) is 0.392. The van der Waals surface area contributed by atoms with Gasteiger partial charge >= 0.3 is 5.97 Å². The van der Waals surface area contributed by atoms with Gasteiger partial charge in [-0.15, -0.1) is 0 Å². The Bertz CT molecular complexity index is 1570. The van der Waals surface area contributed by atoms with Crippen LogP contribution >= 0.6 is 0 Å². The minimum atomic E-state index is -3.72. The summed E-state index contributed by atoms with van der Waals surface area (Å²) < 4.78 is 38.0. The van der Waals surface area contributed by atoms with E-state index in [-0.39, 0.29) is 41.9 Å². The number of ether oxygens (including phenoxy) is 1. The third kappa shape index (κ3) is 4.54. The molecule has 1 fully saturated rings. The van der Waals surface area contributed by atoms with Gasteiger partial charge in [0.05, 0.1) is 22.6 Å². The molecule has 0 radical (unpaired) electrons. The van der Waals surface area contributed by atoms with Gasteiger partial charge in [0.25, 0.3) is 5.56 Å². The van der Waals surface area contributed by atoms with Crippen molar-refractivity contribution in [2.45, 2.75) is 30.6 Å². The van der Waals surface area contributed by atoms with Crippen molar-refractivity contribution in [3.63, 3.8) is 0 Å². The fourth-order valence-electron chi connectivity index (χ4n) is 4.29. The Labute approximate surface area is 207 Å². The van der Waals surface area contributed by atoms with Gasteiger partial charge in [0.1, 0.15) is 0 Å². The lowest BCUT2D eigenvalue weighted by Gasteiger charge is -2.29. The van der Waals surface area contributed by atoms with Crippen molar-refractivity contribution < 1.29 is 22.5 Å². The Hall–Kier alpha value is -3.83. The van der Waals surface area contributed by atoms with E-state index in [1.54, 1.807) is 13.0 Å². The number of hydrogen-bond donors (Lipinski definition) is 1. The maximum atomic E-state index is 13.1. The molecule has 0 spiro atoms. The highest BCUT2D eigenvalue weighted by atomic mass is 32.2. The van der Waals surface area contributed by atoms with Gasteiger partial charge in [0.2, 0.25) is 21.7 Å². The van der Waals surface area contributed by atoms with E-state index in [4.69, 9.17) is 9.26 Å². The zero-order chi connectivity index (χ0) is 25.3. The molecule has 1 N–H and O–H groups in total. The highest BCUT2D eigenvalue weighted by molar-refractivity contribution is 7.89. The molecule has 2 aromatic carbocycles. The second-order valence-electron chi connectivity index (χ2n) is 8.48. The number of sulfonamides is 1. The van der Waals surface area contributed by atoms with Crippen LogP contribution in [0.15, 0.2) is 68.8 Å². The minimum Gasteiger partial charge on any atom is -0.462 e. The lowest BCUT2D eigenvalue weighted by molar-refractivity contribution is 0.0526. The predicted octanol–water partition coefficient (Wildman–Crippen LogP) is 3.32. The van der Waals surface area contributed by atoms with Gasteiger partial charge in [-0.2, -0.15) is 9.29 Å². The van der Waals surface area contributed by atoms with Crippen LogP contribution in [0.5, 0.6) is 0 Å². The van der Waals surface area contributed by atoms with E-state index in [1.807, 2.05) is 24.3 Å². The van der Waals surface area contributed by atoms with Crippen LogP contribution in [0, 0.1) is 0 Å². The van der Waals surface area contributed by atoms with Gasteiger partial charge in [-0.05, 0) is 61.5 Å². The van der Waals surface area contributed by atoms with Gasteiger partial charge in [0.15, 0.2) is 0 Å². The molecule has 3 heterocycles. The number of para-hydroxylation sites is 1. The minimum absolute atomic E-state index is 0.115. The van der Waals surface area contributed by atoms with E-state index < -0.39 is 16.0 Å². The molecule has 1 saturated heterocycles. The second-order valence-corrected chi connectivity index (χ2v) is 10.4. The molecule has 36 heavy (non-hydrogen) atoms. The highest BCUT2D eigenvalue weighted by Gasteiger charge is 2.32. The molecule has 0 unspecified atom stereocenters. The standard InChI is InChI=1S/C25H24N4O6S/c1-2-34-25(31)17-7-9-19(10-8-17)36(32,33)29-13-11-16(12-14-29)24-27-22(28-35-24)20-15-18-5-3-4-6-21(18)26-23(20)30/h3-10,15-16H,2,11-14H2,1H3,(H,26,30). The van der Waals surface area contributed by atoms with Crippen LogP contribution in [0.4, 0.5) is 0 Å². The summed E-state index contributed by atoms with van der Waals surface area (Å²) in [5.41, 5.74) is 1.02. The molecule has 1 aliphatic heterocycles. The molecule has 0 atom stereocenters. The zero-order valence-electron chi connectivity index (χ0n) is 19.5. The molecule has 0 amide bonds. The van der Waals surface area contributed by atoms with Gasteiger partial charge in [-0.3, -0.25) is 4.79 Å². The lowest BCUT2D eigenvalue weighted by atomic mass is 9.98. The summed E-state index contributed by atoms with van der Waals surface area (Å²) in [5.74, 6) is -0.0302. The monoisotopic (exact) mass is 508 g/mol. The summed E-state index contributed by atoms with van der Waals surface area (Å²) in [7, 11) is -3.72. The maximum Gasteiger partial charge on any atom is 0.338 e. The molecule has 11 heteroatoms. The number of fused-ring (bicyclic) bond motifs is 1. The van der Waals surface area contributed by atoms with Crippen LogP contribution in [0.25, 0.3) is 22.3 Å². The third-order valence-corrected chi connectivity index (χ3v) is 8.16. The number of aromatic nitrogens is 3. The van der Waals surface area contributed by atoms with Crippen molar-refractivity contribution in [1.82, 2.24) is 19.4 Å². The molecule has 10 nitrogen and oxygen atoms in total. The first-order valence-corrected chi connectivity index (χ1v) is 13.0. The smallest absolute Gasteiger partial charge is 0.338 e. The number of rotatable bonds is 6. The van der Waals surface area contributed by atoms with E-state index in [2.05, 4.69) is 15.1 Å². The summed E-state index contributed by atoms with van der Waals surface area (Å²) in [4.78, 5) is 31.7. The van der Waals surface area contributed by atoms with Gasteiger partial charge in [-0.25, -0.2) is 13.2 Å². The van der Waals surface area contributed by atoms with Crippen LogP contribution in [-0.2, 0) is 14.8 Å². The summed E-state index contributed by atoms with van der Waals surface area (Å²) in [6.07, 6.45) is 0.992. The number of aromatic amines is 1. The molecule has 5 rings (SSSR count). The number of carbonyl (C=O) groups is 1. The van der Waals surface area contributed by atoms with Crippen LogP contribution in [0.2, 0.25) is 0 Å². The summed E-state index contributed by atoms with van der Waals surface area (Å²) in [6.45, 7) is 2.51. The number of carbonyl (C=O) groups excluding carboxylic acids is 1. The van der Waals surface area contributed by atoms with E-state index in [0.29, 0.717) is 29.9 Å². The van der Waals surface area contributed by atoms with Crippen molar-refractivity contribution in [2.75, 3.05) is 19.7 Å². The number of hydrogen-bond acceptors (Lipinski definition) is 8. The van der Waals surface area contributed by atoms with Crippen molar-refractivity contribution in [2.24, 2.45) is 0 Å². The fraction of sp³-hybridized carbons (Fsp3) is 0.280. The molecule has 0 aliphatic carbocycles. The number of nitrogens with zero attached hydrogens (tertiary/aromatic N) is 3. The van der Waals surface area contributed by atoms with E-state index in [0.717, 1.165) is 10.9 Å². The first kappa shape index (κ1) is 23.9. The summed E-state index contributed by atoms with van der Waals surface area (Å²) in [5, 5.41) is 4.86. The van der Waals surface area contributed by atoms with Crippen molar-refractivity contribution >= 4 is 26.9 Å². The first-order chi connectivity index (χ1) is 17.4. The molecular formula is C25H24N4O6S. The molecular weight excluding hydrogens is 484 g/mol. The van der Waals surface area contributed by atoms with Crippen LogP contribution in [-0.4, -0.2) is 53.5 Å². The number of pyridine rings is 1. The molecule has 186 valence electrons. The number of H-pyrrole nitrogens is 1. The van der Waals surface area contributed by atoms with E-state index in [9.17, 15) is 18.0 Å². The average Bonchev–Trinajstić information content (AvgIpc) is 3.39. The predicted molar refractivity (Wildman–Crippen MR) is 131 cm³/mol. The van der Waals surface area contributed by atoms with Crippen molar-refractivity contribution in [1.29, 1.82) is 0 Å². The van der Waals surface area contributed by atoms with Gasteiger partial charge < -0.3 is 14.2 Å². The SMILES string of the molecule is CCOC(=O)c1ccc(S(=O)(=O)N2CCC(c3nc(-c4cc5ccccc5[nH]c4=O)no3)CC2)cc1. The van der Waals surface area contributed by atoms with E-state index in [1.165, 1.54) is 28.6 Å². The Kier molecular flexibility index (Phi) is 6.42. The Morgan fingerprint density at radius 2 is 1.86 bits per heavy atom. The van der Waals surface area contributed by atoms with Crippen LogP contribution < -0.4 is 5.56 Å². The number of piperidine rings is 1. The fourth-order valence-corrected chi connectivity index (χ4v) is 5.76. The van der Waals surface area contributed by atoms with Crippen LogP contribution in [0.3, 0.4) is 0 Å². The summed E-state index contributed by atoms with van der Waals surface area (Å²) >= 11 is 0. The average molecular weight is 509 g/mol. The Balaban J connectivity index is 1.28. The lowest BCUT2D eigenvalue weighted by Crippen LogP contribution is -2.38. The topological polar surface area (TPSA) is 135 Å². The highest BCUT2D eigenvalue weighted by Crippen LogP contribution is 2.31. The number of esters is 1. The first-order valence-electron chi connectivity index (χ1n) is 11.6. The largest absolute Gasteiger partial charge is 0.462 e. The Morgan fingerprint density at radius 1 is 1.14 bits per heavy atom. The summed E-state index contributed by atoms with van der Waals surface area (Å²) in [6, 6.07) is 14.9. The number of benzene rings is 2. The third-order valence-electron chi connectivity index (χ3n) is 6.24. The molecule has 0 saturated carbocycles. The van der Waals surface area contributed by atoms with Gasteiger partial charge in [-0.1, -0.05) is 23.4 Å². The second kappa shape index (κ2) is 9.67. The molecule has 1 aliphatic rings. The molecule has 4 aromatic rings. The maximum absolute atomic E-state index is 13.1. The van der Waals surface area contributed by atoms with Crippen molar-refractivity contribution in [3.8, 4) is 11.4 Å². The molecule has 2 aromatic heterocycles.